The molecule has 0 N–H and O–H groups in total. The topological polar surface area (TPSA) is 49.9 Å². The number of rotatable bonds is 6. The van der Waals surface area contributed by atoms with Crippen molar-refractivity contribution < 1.29 is 14.3 Å². The Morgan fingerprint density at radius 2 is 1.81 bits per heavy atom. The van der Waals surface area contributed by atoms with E-state index in [0.717, 1.165) is 0 Å². The normalized spacial score (nSPS) is 12.4. The van der Waals surface area contributed by atoms with Crippen molar-refractivity contribution in [3.05, 3.63) is 0 Å². The van der Waals surface area contributed by atoms with Crippen molar-refractivity contribution in [2.45, 2.75) is 13.3 Å². The number of carbonyl (C=O) groups excluding carboxylic acids is 2. The van der Waals surface area contributed by atoms with E-state index in [1.165, 1.54) is 7.11 Å². The van der Waals surface area contributed by atoms with E-state index in [1.807, 2.05) is 18.9 Å². The minimum absolute atomic E-state index is 0.0950. The summed E-state index contributed by atoms with van der Waals surface area (Å²) in [4.78, 5) is 26.0. The smallest absolute Gasteiger partial charge is 0.309 e. The van der Waals surface area contributed by atoms with Crippen LogP contribution in [0.15, 0.2) is 0 Å². The summed E-state index contributed by atoms with van der Waals surface area (Å²) in [6.45, 7) is 3.07. The molecule has 0 aromatic rings. The van der Waals surface area contributed by atoms with E-state index in [0.29, 0.717) is 19.5 Å². The minimum Gasteiger partial charge on any atom is -0.469 e. The molecule has 0 heterocycles. The van der Waals surface area contributed by atoms with E-state index in [9.17, 15) is 9.59 Å². The van der Waals surface area contributed by atoms with E-state index in [1.54, 1.807) is 19.0 Å². The van der Waals surface area contributed by atoms with Crippen LogP contribution in [0.25, 0.3) is 0 Å². The number of carbonyl (C=O) groups is 2. The Hall–Kier alpha value is -1.10. The summed E-state index contributed by atoms with van der Waals surface area (Å²) in [5, 5.41) is 0. The van der Waals surface area contributed by atoms with Crippen molar-refractivity contribution in [3.63, 3.8) is 0 Å². The molecule has 0 aliphatic carbocycles. The first kappa shape index (κ1) is 14.9. The third-order valence-corrected chi connectivity index (χ3v) is 2.40. The van der Waals surface area contributed by atoms with Crippen molar-refractivity contribution >= 4 is 11.9 Å². The fraction of sp³-hybridized carbons (Fsp3) is 0.818. The van der Waals surface area contributed by atoms with Gasteiger partial charge in [-0.15, -0.1) is 0 Å². The van der Waals surface area contributed by atoms with Crippen molar-refractivity contribution in [3.8, 4) is 0 Å². The van der Waals surface area contributed by atoms with Gasteiger partial charge < -0.3 is 14.5 Å². The Balaban J connectivity index is 3.86. The first-order chi connectivity index (χ1) is 7.38. The van der Waals surface area contributed by atoms with Crippen molar-refractivity contribution in [2.24, 2.45) is 5.92 Å². The standard InChI is InChI=1S/C11H22N2O3/c1-9(11(15)16-5)8-13(4)7-6-10(14)12(2)3/h9H,6-8H2,1-5H3. The predicted molar refractivity (Wildman–Crippen MR) is 62.0 cm³/mol. The first-order valence-electron chi connectivity index (χ1n) is 5.35. The summed E-state index contributed by atoms with van der Waals surface area (Å²) in [5.74, 6) is -0.284. The second-order valence-electron chi connectivity index (χ2n) is 4.22. The third kappa shape index (κ3) is 5.70. The first-order valence-corrected chi connectivity index (χ1v) is 5.35. The van der Waals surface area contributed by atoms with Crippen LogP contribution in [0, 0.1) is 5.92 Å². The van der Waals surface area contributed by atoms with Gasteiger partial charge in [-0.3, -0.25) is 9.59 Å². The predicted octanol–water partition coefficient (Wildman–Crippen LogP) is 0.206. The number of hydrogen-bond donors (Lipinski definition) is 0. The van der Waals surface area contributed by atoms with E-state index >= 15 is 0 Å². The molecule has 5 heteroatoms. The van der Waals surface area contributed by atoms with Crippen LogP contribution >= 0.6 is 0 Å². The zero-order chi connectivity index (χ0) is 12.7. The number of esters is 1. The van der Waals surface area contributed by atoms with Crippen LogP contribution in [0.2, 0.25) is 0 Å². The molecule has 5 nitrogen and oxygen atoms in total. The second-order valence-corrected chi connectivity index (χ2v) is 4.22. The highest BCUT2D eigenvalue weighted by molar-refractivity contribution is 5.75. The molecule has 0 spiro atoms. The molecular weight excluding hydrogens is 208 g/mol. The highest BCUT2D eigenvalue weighted by Crippen LogP contribution is 2.01. The van der Waals surface area contributed by atoms with Crippen molar-refractivity contribution in [2.75, 3.05) is 41.3 Å². The highest BCUT2D eigenvalue weighted by atomic mass is 16.5. The summed E-state index contributed by atoms with van der Waals surface area (Å²) in [6, 6.07) is 0. The van der Waals surface area contributed by atoms with Gasteiger partial charge in [-0.25, -0.2) is 0 Å². The molecule has 0 saturated heterocycles. The number of methoxy groups -OCH3 is 1. The molecule has 0 saturated carbocycles. The van der Waals surface area contributed by atoms with Gasteiger partial charge in [0.15, 0.2) is 0 Å². The Morgan fingerprint density at radius 1 is 1.25 bits per heavy atom. The molecule has 1 unspecified atom stereocenters. The Kier molecular flexibility index (Phi) is 6.72. The Morgan fingerprint density at radius 3 is 2.25 bits per heavy atom. The summed E-state index contributed by atoms with van der Waals surface area (Å²) in [7, 11) is 6.75. The molecule has 94 valence electrons. The van der Waals surface area contributed by atoms with Crippen molar-refractivity contribution in [1.82, 2.24) is 9.80 Å². The van der Waals surface area contributed by atoms with Crippen LogP contribution in [0.4, 0.5) is 0 Å². The maximum absolute atomic E-state index is 11.3. The lowest BCUT2D eigenvalue weighted by Crippen LogP contribution is -2.33. The van der Waals surface area contributed by atoms with Gasteiger partial charge in [0.05, 0.1) is 13.0 Å². The van der Waals surface area contributed by atoms with E-state index in [-0.39, 0.29) is 17.8 Å². The number of nitrogens with zero attached hydrogens (tertiary/aromatic N) is 2. The average molecular weight is 230 g/mol. The van der Waals surface area contributed by atoms with Gasteiger partial charge >= 0.3 is 5.97 Å². The maximum Gasteiger partial charge on any atom is 0.309 e. The molecule has 0 rings (SSSR count). The Labute approximate surface area is 97.3 Å². The van der Waals surface area contributed by atoms with Gasteiger partial charge in [-0.1, -0.05) is 6.92 Å². The molecule has 0 fully saturated rings. The molecule has 0 aromatic carbocycles. The van der Waals surface area contributed by atoms with Gasteiger partial charge in [0, 0.05) is 33.6 Å². The molecule has 1 atom stereocenters. The monoisotopic (exact) mass is 230 g/mol. The van der Waals surface area contributed by atoms with Gasteiger partial charge in [0.1, 0.15) is 0 Å². The van der Waals surface area contributed by atoms with Crippen LogP contribution in [-0.2, 0) is 14.3 Å². The van der Waals surface area contributed by atoms with Gasteiger partial charge in [0.2, 0.25) is 5.91 Å². The third-order valence-electron chi connectivity index (χ3n) is 2.40. The molecule has 0 bridgehead atoms. The Bertz CT molecular complexity index is 241. The second kappa shape index (κ2) is 7.22. The highest BCUT2D eigenvalue weighted by Gasteiger charge is 2.15. The molecular formula is C11H22N2O3. The minimum atomic E-state index is -0.217. The SMILES string of the molecule is COC(=O)C(C)CN(C)CCC(=O)N(C)C. The summed E-state index contributed by atoms with van der Waals surface area (Å²) < 4.78 is 4.64. The molecule has 16 heavy (non-hydrogen) atoms. The zero-order valence-electron chi connectivity index (χ0n) is 10.8. The number of ether oxygens (including phenoxy) is 1. The van der Waals surface area contributed by atoms with Gasteiger partial charge in [-0.2, -0.15) is 0 Å². The quantitative estimate of drug-likeness (QED) is 0.612. The molecule has 0 aromatic heterocycles. The molecule has 0 radical (unpaired) electrons. The van der Waals surface area contributed by atoms with Crippen LogP contribution in [0.5, 0.6) is 0 Å². The largest absolute Gasteiger partial charge is 0.469 e. The van der Waals surface area contributed by atoms with Crippen molar-refractivity contribution in [1.29, 1.82) is 0 Å². The summed E-state index contributed by atoms with van der Waals surface area (Å²) >= 11 is 0. The number of hydrogen-bond acceptors (Lipinski definition) is 4. The fourth-order valence-electron chi connectivity index (χ4n) is 1.34. The fourth-order valence-corrected chi connectivity index (χ4v) is 1.34. The summed E-state index contributed by atoms with van der Waals surface area (Å²) in [6.07, 6.45) is 0.470. The number of amides is 1. The lowest BCUT2D eigenvalue weighted by Gasteiger charge is -2.20. The summed E-state index contributed by atoms with van der Waals surface area (Å²) in [5.41, 5.74) is 0. The maximum atomic E-state index is 11.3. The zero-order valence-corrected chi connectivity index (χ0v) is 10.8. The van der Waals surface area contributed by atoms with E-state index in [2.05, 4.69) is 4.74 Å². The van der Waals surface area contributed by atoms with Crippen LogP contribution < -0.4 is 0 Å². The molecule has 1 amide bonds. The average Bonchev–Trinajstić information content (AvgIpc) is 2.24. The van der Waals surface area contributed by atoms with Gasteiger partial charge in [-0.05, 0) is 7.05 Å². The molecule has 0 aliphatic rings. The molecule has 0 aliphatic heterocycles. The van der Waals surface area contributed by atoms with E-state index in [4.69, 9.17) is 0 Å². The van der Waals surface area contributed by atoms with Crippen LogP contribution in [0.3, 0.4) is 0 Å². The van der Waals surface area contributed by atoms with Gasteiger partial charge in [0.25, 0.3) is 0 Å². The van der Waals surface area contributed by atoms with E-state index < -0.39 is 0 Å². The lowest BCUT2D eigenvalue weighted by atomic mass is 10.1. The van der Waals surface area contributed by atoms with Crippen LogP contribution in [0.1, 0.15) is 13.3 Å². The van der Waals surface area contributed by atoms with Crippen LogP contribution in [-0.4, -0.2) is 63.0 Å². The lowest BCUT2D eigenvalue weighted by molar-refractivity contribution is -0.145.